The van der Waals surface area contributed by atoms with Gasteiger partial charge in [0, 0.05) is 6.07 Å². The first-order chi connectivity index (χ1) is 9.60. The smallest absolute Gasteiger partial charge is 0.371 e. The van der Waals surface area contributed by atoms with Crippen LogP contribution in [0.25, 0.3) is 0 Å². The molecule has 0 fully saturated rings. The molecule has 9 heteroatoms. The van der Waals surface area contributed by atoms with Crippen molar-refractivity contribution < 1.29 is 32.3 Å². The van der Waals surface area contributed by atoms with Crippen molar-refractivity contribution in [1.29, 1.82) is 0 Å². The van der Waals surface area contributed by atoms with Gasteiger partial charge in [-0.05, 0) is 12.8 Å². The fraction of sp³-hybridized carbons (Fsp3) is 0.500. The normalized spacial score (nSPS) is 13.2. The first kappa shape index (κ1) is 17.2. The van der Waals surface area contributed by atoms with E-state index in [0.717, 1.165) is 13.2 Å². The molecule has 21 heavy (non-hydrogen) atoms. The van der Waals surface area contributed by atoms with Crippen molar-refractivity contribution in [2.45, 2.75) is 31.7 Å². The third-order valence-electron chi connectivity index (χ3n) is 2.78. The van der Waals surface area contributed by atoms with Gasteiger partial charge >= 0.3 is 11.9 Å². The Morgan fingerprint density at radius 1 is 1.38 bits per heavy atom. The number of hydrogen-bond acceptors (Lipinski definition) is 6. The van der Waals surface area contributed by atoms with Crippen molar-refractivity contribution in [3.8, 4) is 0 Å². The number of aryl methyl sites for hydroxylation is 1. The molecule has 8 nitrogen and oxygen atoms in total. The van der Waals surface area contributed by atoms with Gasteiger partial charge in [0.2, 0.25) is 15.8 Å². The molecule has 118 valence electrons. The zero-order chi connectivity index (χ0) is 16.4. The van der Waals surface area contributed by atoms with Gasteiger partial charge in [-0.15, -0.1) is 0 Å². The van der Waals surface area contributed by atoms with Gasteiger partial charge in [0.25, 0.3) is 0 Å². The van der Waals surface area contributed by atoms with E-state index in [1.807, 2.05) is 0 Å². The van der Waals surface area contributed by atoms with E-state index >= 15 is 0 Å². The van der Waals surface area contributed by atoms with E-state index < -0.39 is 33.8 Å². The summed E-state index contributed by atoms with van der Waals surface area (Å²) in [7, 11) is -2.96. The van der Waals surface area contributed by atoms with Crippen LogP contribution in [0.1, 0.15) is 30.2 Å². The monoisotopic (exact) mass is 319 g/mol. The summed E-state index contributed by atoms with van der Waals surface area (Å²) in [4.78, 5) is 22.1. The summed E-state index contributed by atoms with van der Waals surface area (Å²) in [6, 6.07) is -0.183. The van der Waals surface area contributed by atoms with Crippen molar-refractivity contribution in [3.05, 3.63) is 17.6 Å². The Morgan fingerprint density at radius 2 is 1.95 bits per heavy atom. The highest BCUT2D eigenvalue weighted by Crippen LogP contribution is 2.21. The van der Waals surface area contributed by atoms with Gasteiger partial charge in [0.05, 0.1) is 7.11 Å². The van der Waals surface area contributed by atoms with Gasteiger partial charge in [-0.25, -0.2) is 13.2 Å². The number of furan rings is 1. The number of carbonyl (C=O) groups excluding carboxylic acids is 1. The van der Waals surface area contributed by atoms with Crippen molar-refractivity contribution >= 4 is 22.0 Å². The van der Waals surface area contributed by atoms with Crippen LogP contribution in [-0.4, -0.2) is 38.6 Å². The topological polar surface area (TPSA) is 123 Å². The van der Waals surface area contributed by atoms with Crippen molar-refractivity contribution in [1.82, 2.24) is 4.72 Å². The minimum absolute atomic E-state index is 0.0766. The van der Waals surface area contributed by atoms with E-state index in [2.05, 4.69) is 9.46 Å². The lowest BCUT2D eigenvalue weighted by Gasteiger charge is -2.19. The van der Waals surface area contributed by atoms with Crippen LogP contribution in [-0.2, 0) is 19.6 Å². The molecule has 0 spiro atoms. The van der Waals surface area contributed by atoms with Crippen LogP contribution in [0, 0.1) is 12.8 Å². The second kappa shape index (κ2) is 6.27. The van der Waals surface area contributed by atoms with E-state index in [9.17, 15) is 18.0 Å². The van der Waals surface area contributed by atoms with Gasteiger partial charge in [-0.2, -0.15) is 4.72 Å². The Kier molecular flexibility index (Phi) is 5.13. The number of carboxylic acids is 1. The highest BCUT2D eigenvalue weighted by atomic mass is 32.2. The lowest BCUT2D eigenvalue weighted by Crippen LogP contribution is -2.44. The average molecular weight is 319 g/mol. The number of carbonyl (C=O) groups is 2. The molecule has 1 rings (SSSR count). The van der Waals surface area contributed by atoms with Gasteiger partial charge in [0.1, 0.15) is 16.7 Å². The van der Waals surface area contributed by atoms with E-state index in [0.29, 0.717) is 0 Å². The third-order valence-corrected chi connectivity index (χ3v) is 4.33. The average Bonchev–Trinajstić information content (AvgIpc) is 2.78. The first-order valence-corrected chi connectivity index (χ1v) is 7.52. The Morgan fingerprint density at radius 3 is 2.33 bits per heavy atom. The van der Waals surface area contributed by atoms with E-state index in [1.165, 1.54) is 6.92 Å². The fourth-order valence-corrected chi connectivity index (χ4v) is 3.16. The third kappa shape index (κ3) is 3.82. The number of esters is 1. The van der Waals surface area contributed by atoms with Crippen LogP contribution in [0.2, 0.25) is 0 Å². The molecule has 1 aromatic heterocycles. The molecule has 1 aromatic rings. The second-order valence-corrected chi connectivity index (χ2v) is 6.38. The minimum atomic E-state index is -4.11. The molecular weight excluding hydrogens is 302 g/mol. The number of nitrogens with one attached hydrogen (secondary N) is 1. The number of aromatic carboxylic acids is 1. The van der Waals surface area contributed by atoms with Crippen molar-refractivity contribution in [2.24, 2.45) is 5.92 Å². The zero-order valence-electron chi connectivity index (χ0n) is 12.0. The number of hydrogen-bond donors (Lipinski definition) is 2. The maximum absolute atomic E-state index is 12.3. The van der Waals surface area contributed by atoms with Crippen LogP contribution in [0.15, 0.2) is 15.4 Å². The highest BCUT2D eigenvalue weighted by molar-refractivity contribution is 7.89. The summed E-state index contributed by atoms with van der Waals surface area (Å²) in [5.74, 6) is -3.03. The number of sulfonamides is 1. The van der Waals surface area contributed by atoms with Crippen molar-refractivity contribution in [2.75, 3.05) is 7.11 Å². The van der Waals surface area contributed by atoms with E-state index in [1.54, 1.807) is 13.8 Å². The number of ether oxygens (including phenoxy) is 1. The van der Waals surface area contributed by atoms with Crippen LogP contribution >= 0.6 is 0 Å². The Labute approximate surface area is 122 Å². The van der Waals surface area contributed by atoms with Crippen LogP contribution < -0.4 is 4.72 Å². The van der Waals surface area contributed by atoms with Gasteiger partial charge in [-0.3, -0.25) is 4.79 Å². The summed E-state index contributed by atoms with van der Waals surface area (Å²) in [5.41, 5.74) is 0. The predicted octanol–water partition coefficient (Wildman–Crippen LogP) is 0.762. The van der Waals surface area contributed by atoms with Crippen LogP contribution in [0.4, 0.5) is 0 Å². The molecule has 0 saturated heterocycles. The first-order valence-electron chi connectivity index (χ1n) is 6.04. The van der Waals surface area contributed by atoms with Crippen molar-refractivity contribution in [3.63, 3.8) is 0 Å². The van der Waals surface area contributed by atoms with Gasteiger partial charge in [0.15, 0.2) is 0 Å². The van der Waals surface area contributed by atoms with E-state index in [4.69, 9.17) is 9.52 Å². The maximum atomic E-state index is 12.3. The van der Waals surface area contributed by atoms with Crippen LogP contribution in [0.5, 0.6) is 0 Å². The molecule has 0 aliphatic heterocycles. The lowest BCUT2D eigenvalue weighted by molar-refractivity contribution is -0.143. The maximum Gasteiger partial charge on any atom is 0.371 e. The second-order valence-electron chi connectivity index (χ2n) is 4.70. The summed E-state index contributed by atoms with van der Waals surface area (Å²) < 4.78 is 36.1. The molecule has 1 unspecified atom stereocenters. The molecule has 0 amide bonds. The minimum Gasteiger partial charge on any atom is -0.475 e. The fourth-order valence-electron chi connectivity index (χ4n) is 1.65. The standard InChI is InChI=1S/C12H17NO7S/c1-6(2)10(12(16)19-4)13-21(17,18)9-5-8(11(14)15)20-7(9)3/h5-6,10,13H,1-4H3,(H,14,15). The SMILES string of the molecule is COC(=O)C(NS(=O)(=O)c1cc(C(=O)O)oc1C)C(C)C. The Bertz CT molecular complexity index is 645. The van der Waals surface area contributed by atoms with Crippen LogP contribution in [0.3, 0.4) is 0 Å². The number of carboxylic acid groups (broad SMARTS) is 1. The Hall–Kier alpha value is -1.87. The molecule has 2 N–H and O–H groups in total. The van der Waals surface area contributed by atoms with Gasteiger partial charge in [-0.1, -0.05) is 13.8 Å². The largest absolute Gasteiger partial charge is 0.475 e. The molecule has 1 atom stereocenters. The molecule has 0 aliphatic rings. The number of rotatable bonds is 6. The predicted molar refractivity (Wildman–Crippen MR) is 71.4 cm³/mol. The molecule has 1 heterocycles. The van der Waals surface area contributed by atoms with Gasteiger partial charge < -0.3 is 14.3 Å². The quantitative estimate of drug-likeness (QED) is 0.742. The number of methoxy groups -OCH3 is 1. The molecule has 0 radical (unpaired) electrons. The molecule has 0 saturated carbocycles. The molecule has 0 bridgehead atoms. The molecule has 0 aliphatic carbocycles. The lowest BCUT2D eigenvalue weighted by atomic mass is 10.1. The molecule has 0 aromatic carbocycles. The summed E-state index contributed by atoms with van der Waals surface area (Å²) in [6.07, 6.45) is 0. The Balaban J connectivity index is 3.16. The summed E-state index contributed by atoms with van der Waals surface area (Å²) >= 11 is 0. The summed E-state index contributed by atoms with van der Waals surface area (Å²) in [5, 5.41) is 8.80. The summed E-state index contributed by atoms with van der Waals surface area (Å²) in [6.45, 7) is 4.62. The zero-order valence-corrected chi connectivity index (χ0v) is 12.9. The molecular formula is C12H17NO7S. The van der Waals surface area contributed by atoms with E-state index in [-0.39, 0.29) is 16.6 Å². The highest BCUT2D eigenvalue weighted by Gasteiger charge is 2.31.